The predicted molar refractivity (Wildman–Crippen MR) is 109 cm³/mol. The second-order valence-electron chi connectivity index (χ2n) is 7.87. The van der Waals surface area contributed by atoms with Gasteiger partial charge in [-0.1, -0.05) is 57.2 Å². The molecule has 2 aromatic rings. The topological polar surface area (TPSA) is 83.9 Å². The van der Waals surface area contributed by atoms with Crippen LogP contribution in [0, 0.1) is 5.41 Å². The number of carbonyl (C=O) groups excluding carboxylic acids is 3. The number of nitrogens with zero attached hydrogens (tertiary/aromatic N) is 1. The van der Waals surface area contributed by atoms with Crippen LogP contribution in [0.5, 0.6) is 0 Å². The number of aliphatic hydroxyl groups is 1. The summed E-state index contributed by atoms with van der Waals surface area (Å²) in [6.07, 6.45) is 0. The number of hydrogen-bond donors (Lipinski definition) is 1. The molecule has 150 valence electrons. The predicted octanol–water partition coefficient (Wildman–Crippen LogP) is 3.99. The van der Waals surface area contributed by atoms with Gasteiger partial charge in [-0.3, -0.25) is 14.5 Å². The maximum atomic E-state index is 13.1. The van der Waals surface area contributed by atoms with Crippen LogP contribution in [0.15, 0.2) is 65.9 Å². The Morgan fingerprint density at radius 1 is 1.03 bits per heavy atom. The van der Waals surface area contributed by atoms with Crippen molar-refractivity contribution in [3.63, 3.8) is 0 Å². The smallest absolute Gasteiger partial charge is 0.337 e. The summed E-state index contributed by atoms with van der Waals surface area (Å²) in [6, 6.07) is 14.6. The quantitative estimate of drug-likeness (QED) is 0.794. The number of esters is 1. The molecule has 0 bridgehead atoms. The number of Topliss-reactive ketones (excluding diaryl/α,β-unsaturated/α-hetero) is 1. The van der Waals surface area contributed by atoms with Crippen LogP contribution in [-0.4, -0.2) is 29.9 Å². The Hall–Kier alpha value is -3.41. The summed E-state index contributed by atoms with van der Waals surface area (Å²) in [5.74, 6) is -2.11. The summed E-state index contributed by atoms with van der Waals surface area (Å²) in [5, 5.41) is 10.7. The molecule has 0 radical (unpaired) electrons. The van der Waals surface area contributed by atoms with Gasteiger partial charge < -0.3 is 9.84 Å². The van der Waals surface area contributed by atoms with Crippen LogP contribution in [0.4, 0.5) is 5.69 Å². The first-order chi connectivity index (χ1) is 13.7. The van der Waals surface area contributed by atoms with Crippen molar-refractivity contribution in [2.24, 2.45) is 5.41 Å². The van der Waals surface area contributed by atoms with Gasteiger partial charge in [-0.05, 0) is 23.8 Å². The molecular weight excluding hydrogens is 370 g/mol. The molecule has 0 saturated heterocycles. The van der Waals surface area contributed by atoms with E-state index in [9.17, 15) is 19.5 Å². The minimum absolute atomic E-state index is 0.0529. The first-order valence-electron chi connectivity index (χ1n) is 9.21. The van der Waals surface area contributed by atoms with Crippen LogP contribution < -0.4 is 4.90 Å². The standard InChI is InChI=1S/C23H23NO5/c1-23(2,3)20(26)17-18(14-9-6-5-7-10-14)24(21(27)19(17)25)16-12-8-11-15(13-16)22(28)29-4/h5-13,18,25H,1-4H3. The van der Waals surface area contributed by atoms with Crippen molar-refractivity contribution in [1.82, 2.24) is 0 Å². The van der Waals surface area contributed by atoms with Crippen molar-refractivity contribution in [2.75, 3.05) is 12.0 Å². The van der Waals surface area contributed by atoms with Gasteiger partial charge in [0.05, 0.1) is 24.3 Å². The third kappa shape index (κ3) is 3.66. The molecule has 1 aliphatic rings. The fourth-order valence-electron chi connectivity index (χ4n) is 3.36. The van der Waals surface area contributed by atoms with E-state index < -0.39 is 29.1 Å². The van der Waals surface area contributed by atoms with E-state index in [2.05, 4.69) is 0 Å². The molecule has 3 rings (SSSR count). The summed E-state index contributed by atoms with van der Waals surface area (Å²) in [6.45, 7) is 5.22. The first-order valence-corrected chi connectivity index (χ1v) is 9.21. The molecule has 0 aliphatic carbocycles. The van der Waals surface area contributed by atoms with E-state index in [-0.39, 0.29) is 16.9 Å². The maximum Gasteiger partial charge on any atom is 0.337 e. The molecule has 0 saturated carbocycles. The number of methoxy groups -OCH3 is 1. The highest BCUT2D eigenvalue weighted by Crippen LogP contribution is 2.43. The number of rotatable bonds is 4. The highest BCUT2D eigenvalue weighted by molar-refractivity contribution is 6.17. The minimum atomic E-state index is -0.802. The van der Waals surface area contributed by atoms with Gasteiger partial charge in [0, 0.05) is 11.1 Å². The molecule has 1 amide bonds. The largest absolute Gasteiger partial charge is 0.503 e. The van der Waals surface area contributed by atoms with E-state index in [1.54, 1.807) is 63.2 Å². The molecule has 0 aromatic heterocycles. The van der Waals surface area contributed by atoms with Gasteiger partial charge in [-0.2, -0.15) is 0 Å². The third-order valence-corrected chi connectivity index (χ3v) is 4.79. The molecular formula is C23H23NO5. The molecule has 1 atom stereocenters. The van der Waals surface area contributed by atoms with E-state index in [4.69, 9.17) is 4.74 Å². The number of hydrogen-bond acceptors (Lipinski definition) is 5. The van der Waals surface area contributed by atoms with Crippen LogP contribution >= 0.6 is 0 Å². The Morgan fingerprint density at radius 2 is 1.69 bits per heavy atom. The Balaban J connectivity index is 2.19. The van der Waals surface area contributed by atoms with Gasteiger partial charge in [-0.25, -0.2) is 4.79 Å². The zero-order chi connectivity index (χ0) is 21.3. The number of ether oxygens (including phenoxy) is 1. The van der Waals surface area contributed by atoms with Gasteiger partial charge in [0.1, 0.15) is 0 Å². The van der Waals surface area contributed by atoms with E-state index in [1.165, 1.54) is 18.1 Å². The molecule has 1 heterocycles. The highest BCUT2D eigenvalue weighted by atomic mass is 16.5. The Kier molecular flexibility index (Phi) is 5.29. The molecule has 0 spiro atoms. The van der Waals surface area contributed by atoms with E-state index >= 15 is 0 Å². The second kappa shape index (κ2) is 7.54. The lowest BCUT2D eigenvalue weighted by molar-refractivity contribution is -0.123. The van der Waals surface area contributed by atoms with Gasteiger partial charge >= 0.3 is 5.97 Å². The van der Waals surface area contributed by atoms with Crippen LogP contribution in [0.1, 0.15) is 42.7 Å². The summed E-state index contributed by atoms with van der Waals surface area (Å²) >= 11 is 0. The van der Waals surface area contributed by atoms with Crippen LogP contribution in [0.25, 0.3) is 0 Å². The van der Waals surface area contributed by atoms with E-state index in [0.29, 0.717) is 11.3 Å². The first kappa shape index (κ1) is 20.3. The average molecular weight is 393 g/mol. The Labute approximate surface area is 169 Å². The van der Waals surface area contributed by atoms with Gasteiger partial charge in [-0.15, -0.1) is 0 Å². The van der Waals surface area contributed by atoms with Crippen molar-refractivity contribution in [1.29, 1.82) is 0 Å². The molecule has 1 N–H and O–H groups in total. The fraction of sp³-hybridized carbons (Fsp3) is 0.261. The lowest BCUT2D eigenvalue weighted by Crippen LogP contribution is -2.33. The van der Waals surface area contributed by atoms with Gasteiger partial charge in [0.25, 0.3) is 5.91 Å². The summed E-state index contributed by atoms with van der Waals surface area (Å²) in [5.41, 5.74) is 0.591. The number of ketones is 1. The maximum absolute atomic E-state index is 13.1. The lowest BCUT2D eigenvalue weighted by Gasteiger charge is -2.29. The van der Waals surface area contributed by atoms with Gasteiger partial charge in [0.2, 0.25) is 0 Å². The SMILES string of the molecule is COC(=O)c1cccc(N2C(=O)C(O)=C(C(=O)C(C)(C)C)C2c2ccccc2)c1. The number of amides is 1. The number of carbonyl (C=O) groups is 3. The third-order valence-electron chi connectivity index (χ3n) is 4.79. The zero-order valence-corrected chi connectivity index (χ0v) is 16.8. The van der Waals surface area contributed by atoms with Crippen LogP contribution in [0.2, 0.25) is 0 Å². The van der Waals surface area contributed by atoms with Crippen molar-refractivity contribution in [2.45, 2.75) is 26.8 Å². The fourth-order valence-corrected chi connectivity index (χ4v) is 3.36. The van der Waals surface area contributed by atoms with Crippen LogP contribution in [-0.2, 0) is 14.3 Å². The highest BCUT2D eigenvalue weighted by Gasteiger charge is 2.46. The summed E-state index contributed by atoms with van der Waals surface area (Å²) in [7, 11) is 1.27. The van der Waals surface area contributed by atoms with Crippen molar-refractivity contribution >= 4 is 23.3 Å². The monoisotopic (exact) mass is 393 g/mol. The van der Waals surface area contributed by atoms with Crippen LogP contribution in [0.3, 0.4) is 0 Å². The Bertz CT molecular complexity index is 1000. The van der Waals surface area contributed by atoms with Gasteiger partial charge in [0.15, 0.2) is 11.5 Å². The second-order valence-corrected chi connectivity index (χ2v) is 7.87. The molecule has 1 aliphatic heterocycles. The summed E-state index contributed by atoms with van der Waals surface area (Å²) < 4.78 is 4.76. The van der Waals surface area contributed by atoms with Crippen molar-refractivity contribution in [3.8, 4) is 0 Å². The average Bonchev–Trinajstić information content (AvgIpc) is 2.97. The zero-order valence-electron chi connectivity index (χ0n) is 16.8. The number of benzene rings is 2. The summed E-state index contributed by atoms with van der Waals surface area (Å²) in [4.78, 5) is 39.5. The van der Waals surface area contributed by atoms with Crippen molar-refractivity contribution in [3.05, 3.63) is 77.1 Å². The normalized spacial score (nSPS) is 16.9. The van der Waals surface area contributed by atoms with Crippen molar-refractivity contribution < 1.29 is 24.2 Å². The molecule has 0 fully saturated rings. The number of aliphatic hydroxyl groups excluding tert-OH is 1. The molecule has 2 aromatic carbocycles. The molecule has 29 heavy (non-hydrogen) atoms. The molecule has 6 heteroatoms. The lowest BCUT2D eigenvalue weighted by atomic mass is 9.82. The number of anilines is 1. The van der Waals surface area contributed by atoms with E-state index in [1.807, 2.05) is 6.07 Å². The minimum Gasteiger partial charge on any atom is -0.503 e. The molecule has 1 unspecified atom stereocenters. The molecule has 6 nitrogen and oxygen atoms in total. The van der Waals surface area contributed by atoms with E-state index in [0.717, 1.165) is 0 Å². The Morgan fingerprint density at radius 3 is 2.28 bits per heavy atom.